The molecule has 14 nitrogen and oxygen atoms in total. The summed E-state index contributed by atoms with van der Waals surface area (Å²) in [6.07, 6.45) is 11.4. The van der Waals surface area contributed by atoms with Crippen LogP contribution in [0.4, 0.5) is 0 Å². The van der Waals surface area contributed by atoms with Gasteiger partial charge in [0.05, 0.1) is 24.4 Å². The zero-order valence-corrected chi connectivity index (χ0v) is 39.9. The topological polar surface area (TPSA) is 195 Å². The highest BCUT2D eigenvalue weighted by Crippen LogP contribution is 2.37. The molecular formula is C50H79NO13. The van der Waals surface area contributed by atoms with E-state index >= 15 is 0 Å². The van der Waals surface area contributed by atoms with Gasteiger partial charge in [-0.2, -0.15) is 0 Å². The summed E-state index contributed by atoms with van der Waals surface area (Å²) >= 11 is 0. The number of hydrogen-bond donors (Lipinski definition) is 3. The molecule has 14 heteroatoms. The molecule has 64 heavy (non-hydrogen) atoms. The number of carbonyl (C=O) groups excluding carboxylic acids is 5. The number of carbonyl (C=O) groups is 5. The molecule has 1 aliphatic carbocycles. The van der Waals surface area contributed by atoms with Gasteiger partial charge in [0.1, 0.15) is 30.1 Å². The Morgan fingerprint density at radius 3 is 2.23 bits per heavy atom. The second kappa shape index (κ2) is 25.1. The molecule has 0 spiro atoms. The van der Waals surface area contributed by atoms with Gasteiger partial charge in [-0.1, -0.05) is 65.0 Å². The number of aliphatic hydroxyl groups is 3. The van der Waals surface area contributed by atoms with Crippen LogP contribution in [0.3, 0.4) is 0 Å². The summed E-state index contributed by atoms with van der Waals surface area (Å²) in [7, 11) is 4.53. The molecule has 3 heterocycles. The van der Waals surface area contributed by atoms with Gasteiger partial charge in [0.2, 0.25) is 5.79 Å². The lowest BCUT2D eigenvalue weighted by Gasteiger charge is -2.42. The summed E-state index contributed by atoms with van der Waals surface area (Å²) in [6, 6.07) is -1.13. The standard InChI is InChI=1S/C50H79NO13/c1-30-16-12-10-11-13-17-37(60-7)28-38-21-19-35(6)50(59,64-38)47(56)48(57)51-23-15-14-18-39(51)49(58)63-42(32(3)26-36-20-22-40(52)43(27-36)61-8)29-41(53)31(2)25-34(5)45(55)46(62-9)44(54)33(4)24-30/h12-13,16-17,25,30-33,35-40,42-43,45-46,52,55,59H,10-11,14-15,18-24,26-29H2,1-9H3/b16-12-,17-13-,34-25-/t30-,31-,32-,33-,35-,36-,37-,38+,39+,40-,42+,43-,45-,46+,50-/m1/s1. The van der Waals surface area contributed by atoms with E-state index < -0.39 is 77.8 Å². The normalized spacial score (nSPS) is 40.1. The Kier molecular flexibility index (Phi) is 21.0. The molecule has 3 N–H and O–H groups in total. The molecule has 4 aliphatic rings. The Hall–Kier alpha value is -3.11. The molecule has 15 atom stereocenters. The first-order valence-electron chi connectivity index (χ1n) is 23.8. The zero-order valence-electron chi connectivity index (χ0n) is 39.9. The van der Waals surface area contributed by atoms with Crippen LogP contribution in [0, 0.1) is 35.5 Å². The van der Waals surface area contributed by atoms with E-state index in [1.807, 2.05) is 32.9 Å². The maximum Gasteiger partial charge on any atom is 0.329 e. The number of methoxy groups -OCH3 is 3. The van der Waals surface area contributed by atoms with Crippen molar-refractivity contribution in [1.82, 2.24) is 4.90 Å². The highest BCUT2D eigenvalue weighted by Gasteiger charge is 2.53. The zero-order chi connectivity index (χ0) is 47.3. The van der Waals surface area contributed by atoms with E-state index in [4.69, 9.17) is 23.7 Å². The van der Waals surface area contributed by atoms with Gasteiger partial charge in [0, 0.05) is 58.5 Å². The van der Waals surface area contributed by atoms with Crippen LogP contribution in [-0.4, -0.2) is 132 Å². The van der Waals surface area contributed by atoms with Crippen molar-refractivity contribution in [3.8, 4) is 0 Å². The van der Waals surface area contributed by atoms with Crippen LogP contribution in [0.5, 0.6) is 0 Å². The average Bonchev–Trinajstić information content (AvgIpc) is 3.27. The molecular weight excluding hydrogens is 823 g/mol. The Morgan fingerprint density at radius 2 is 1.56 bits per heavy atom. The van der Waals surface area contributed by atoms with Crippen molar-refractivity contribution in [3.05, 3.63) is 36.0 Å². The lowest BCUT2D eigenvalue weighted by Crippen LogP contribution is -2.60. The molecule has 2 bridgehead atoms. The first-order chi connectivity index (χ1) is 30.3. The third-order valence-corrected chi connectivity index (χ3v) is 14.3. The minimum atomic E-state index is -2.41. The second-order valence-corrected chi connectivity index (χ2v) is 19.4. The van der Waals surface area contributed by atoms with Crippen molar-refractivity contribution in [2.75, 3.05) is 27.9 Å². The number of Topliss-reactive ketones (excluding diaryl/α,β-unsaturated/α-hetero) is 3. The lowest BCUT2D eigenvalue weighted by atomic mass is 9.78. The third kappa shape index (κ3) is 14.2. The number of amides is 1. The fourth-order valence-electron chi connectivity index (χ4n) is 10.1. The van der Waals surface area contributed by atoms with Crippen LogP contribution < -0.4 is 0 Å². The van der Waals surface area contributed by atoms with Gasteiger partial charge < -0.3 is 43.9 Å². The molecule has 0 aromatic carbocycles. The van der Waals surface area contributed by atoms with Gasteiger partial charge in [-0.15, -0.1) is 0 Å². The number of nitrogens with zero attached hydrogens (tertiary/aromatic N) is 1. The average molecular weight is 902 g/mol. The van der Waals surface area contributed by atoms with Gasteiger partial charge in [-0.3, -0.25) is 19.2 Å². The van der Waals surface area contributed by atoms with Gasteiger partial charge in [-0.05, 0) is 107 Å². The molecule has 0 aromatic heterocycles. The third-order valence-electron chi connectivity index (χ3n) is 14.3. The number of fused-ring (bicyclic) bond motifs is 3. The Balaban J connectivity index is 1.67. The molecule has 2 saturated heterocycles. The number of rotatable bonds is 6. The summed E-state index contributed by atoms with van der Waals surface area (Å²) in [5.41, 5.74) is 0.396. The largest absolute Gasteiger partial charge is 0.460 e. The minimum absolute atomic E-state index is 0.0742. The number of ether oxygens (including phenoxy) is 5. The molecule has 1 saturated carbocycles. The fraction of sp³-hybridized carbons (Fsp3) is 0.780. The monoisotopic (exact) mass is 902 g/mol. The van der Waals surface area contributed by atoms with E-state index in [0.717, 1.165) is 19.3 Å². The van der Waals surface area contributed by atoms with Crippen LogP contribution in [0.25, 0.3) is 0 Å². The van der Waals surface area contributed by atoms with Crippen molar-refractivity contribution in [1.29, 1.82) is 0 Å². The van der Waals surface area contributed by atoms with Crippen molar-refractivity contribution in [3.63, 3.8) is 0 Å². The van der Waals surface area contributed by atoms with Gasteiger partial charge in [0.25, 0.3) is 11.7 Å². The highest BCUT2D eigenvalue weighted by molar-refractivity contribution is 6.39. The summed E-state index contributed by atoms with van der Waals surface area (Å²) < 4.78 is 29.2. The minimum Gasteiger partial charge on any atom is -0.460 e. The summed E-state index contributed by atoms with van der Waals surface area (Å²) in [5, 5.41) is 33.8. The number of piperidine rings is 1. The van der Waals surface area contributed by atoms with Gasteiger partial charge in [-0.25, -0.2) is 4.79 Å². The predicted octanol–water partition coefficient (Wildman–Crippen LogP) is 6.01. The van der Waals surface area contributed by atoms with Crippen molar-refractivity contribution in [2.45, 2.75) is 186 Å². The number of esters is 1. The molecule has 3 aliphatic heterocycles. The van der Waals surface area contributed by atoms with Crippen LogP contribution >= 0.6 is 0 Å². The maximum absolute atomic E-state index is 14.3. The smallest absolute Gasteiger partial charge is 0.329 e. The van der Waals surface area contributed by atoms with Crippen molar-refractivity contribution >= 4 is 29.2 Å². The van der Waals surface area contributed by atoms with E-state index in [2.05, 4.69) is 12.2 Å². The van der Waals surface area contributed by atoms with Crippen LogP contribution in [0.1, 0.15) is 131 Å². The number of allylic oxidation sites excluding steroid dienone is 4. The first-order valence-corrected chi connectivity index (χ1v) is 23.8. The number of hydrogen-bond acceptors (Lipinski definition) is 13. The van der Waals surface area contributed by atoms with Crippen molar-refractivity contribution < 1.29 is 63.0 Å². The number of cyclic esters (lactones) is 1. The maximum atomic E-state index is 14.3. The SMILES string of the molecule is CO[C@@H]1/C=C\CC/C=C\[C@@H](C)C[C@@H](C)C(=O)[C@H](OC)[C@H](O)/C(C)=C\[C@@H](C)C(=O)C[C@@H]([C@H](C)C[C@H]2CC[C@@H](O)[C@H](OC)C2)OC(=O)[C@@H]2CCCCN2C(=O)C(=O)[C@]2(O)O[C@@H](CC[C@H]2C)C1. The molecule has 4 rings (SSSR count). The van der Waals surface area contributed by atoms with E-state index in [0.29, 0.717) is 63.4 Å². The second-order valence-electron chi connectivity index (χ2n) is 19.4. The Morgan fingerprint density at radius 1 is 0.859 bits per heavy atom. The molecule has 0 unspecified atom stereocenters. The predicted molar refractivity (Wildman–Crippen MR) is 241 cm³/mol. The molecule has 362 valence electrons. The molecule has 0 aromatic rings. The Labute approximate surface area is 381 Å². The van der Waals surface area contributed by atoms with Gasteiger partial charge >= 0.3 is 5.97 Å². The van der Waals surface area contributed by atoms with Gasteiger partial charge in [0.15, 0.2) is 5.78 Å². The van der Waals surface area contributed by atoms with E-state index in [1.165, 1.54) is 12.0 Å². The van der Waals surface area contributed by atoms with E-state index in [1.54, 1.807) is 41.1 Å². The summed E-state index contributed by atoms with van der Waals surface area (Å²) in [4.78, 5) is 71.6. The highest BCUT2D eigenvalue weighted by atomic mass is 16.6. The summed E-state index contributed by atoms with van der Waals surface area (Å²) in [5.74, 6) is -7.78. The number of ketones is 3. The van der Waals surface area contributed by atoms with E-state index in [9.17, 15) is 39.3 Å². The van der Waals surface area contributed by atoms with Crippen molar-refractivity contribution in [2.24, 2.45) is 35.5 Å². The van der Waals surface area contributed by atoms with Crippen LogP contribution in [-0.2, 0) is 47.7 Å². The van der Waals surface area contributed by atoms with Crippen LogP contribution in [0.2, 0.25) is 0 Å². The quantitative estimate of drug-likeness (QED) is 0.159. The fourth-order valence-corrected chi connectivity index (χ4v) is 10.1. The number of aliphatic hydroxyl groups excluding tert-OH is 2. The molecule has 1 amide bonds. The Bertz CT molecular complexity index is 1660. The molecule has 0 radical (unpaired) electrons. The van der Waals surface area contributed by atoms with Crippen LogP contribution in [0.15, 0.2) is 36.0 Å². The van der Waals surface area contributed by atoms with E-state index in [-0.39, 0.29) is 60.9 Å². The first kappa shape index (κ1) is 53.5. The summed E-state index contributed by atoms with van der Waals surface area (Å²) in [6.45, 7) is 10.9. The lowest BCUT2D eigenvalue weighted by molar-refractivity contribution is -0.265. The molecule has 3 fully saturated rings.